The summed E-state index contributed by atoms with van der Waals surface area (Å²) in [5, 5.41) is 12.4. The lowest BCUT2D eigenvalue weighted by molar-refractivity contribution is -0.150. The first-order valence-electron chi connectivity index (χ1n) is 13.0. The molecule has 0 spiro atoms. The van der Waals surface area contributed by atoms with Gasteiger partial charge in [-0.3, -0.25) is 4.79 Å². The Morgan fingerprint density at radius 2 is 1.57 bits per heavy atom. The van der Waals surface area contributed by atoms with Gasteiger partial charge in [0.15, 0.2) is 12.2 Å². The van der Waals surface area contributed by atoms with Gasteiger partial charge in [-0.25, -0.2) is 4.79 Å². The first-order chi connectivity index (χ1) is 17.0. The molecule has 190 valence electrons. The maximum absolute atomic E-state index is 13.2. The molecule has 1 fully saturated rings. The lowest BCUT2D eigenvalue weighted by Gasteiger charge is -2.30. The van der Waals surface area contributed by atoms with Crippen LogP contribution in [0.3, 0.4) is 0 Å². The maximum atomic E-state index is 13.2. The fourth-order valence-electron chi connectivity index (χ4n) is 4.66. The normalized spacial score (nSPS) is 15.8. The predicted molar refractivity (Wildman–Crippen MR) is 137 cm³/mol. The van der Waals surface area contributed by atoms with E-state index >= 15 is 0 Å². The second-order valence-electron chi connectivity index (χ2n) is 9.28. The third-order valence-electron chi connectivity index (χ3n) is 6.73. The van der Waals surface area contributed by atoms with Crippen molar-refractivity contribution < 1.29 is 24.2 Å². The van der Waals surface area contributed by atoms with Crippen LogP contribution >= 0.6 is 0 Å². The quantitative estimate of drug-likeness (QED) is 0.422. The monoisotopic (exact) mass is 481 g/mol. The molecule has 0 unspecified atom stereocenters. The van der Waals surface area contributed by atoms with Crippen molar-refractivity contribution in [1.29, 1.82) is 0 Å². The number of carboxylic acids is 1. The Balaban J connectivity index is 1.60. The van der Waals surface area contributed by atoms with Gasteiger partial charge in [-0.1, -0.05) is 62.6 Å². The Morgan fingerprint density at radius 3 is 2.17 bits per heavy atom. The molecule has 0 heterocycles. The van der Waals surface area contributed by atoms with Crippen molar-refractivity contribution in [2.45, 2.75) is 77.4 Å². The van der Waals surface area contributed by atoms with Gasteiger partial charge in [-0.15, -0.1) is 0 Å². The molecule has 1 saturated carbocycles. The standard InChI is InChI=1S/C29H39NO5/c1-3-21-10-12-22(13-11-21)18-19-30-28(31)27(24-8-6-5-7-9-24)35-25-16-14-23(15-17-25)20-26(29(32)33)34-4-2/h10-17,24,26-27H,3-9,18-20H2,1-2H3,(H,30,31)(H,32,33)/t26-,27+/m0/s1. The molecular formula is C29H39NO5. The zero-order chi connectivity index (χ0) is 25.0. The minimum absolute atomic E-state index is 0.0616. The number of carbonyl (C=O) groups excluding carboxylic acids is 1. The number of hydrogen-bond acceptors (Lipinski definition) is 4. The molecule has 2 atom stereocenters. The van der Waals surface area contributed by atoms with E-state index in [-0.39, 0.29) is 18.2 Å². The maximum Gasteiger partial charge on any atom is 0.333 e. The van der Waals surface area contributed by atoms with E-state index in [4.69, 9.17) is 9.47 Å². The molecular weight excluding hydrogens is 442 g/mol. The molecule has 0 aromatic heterocycles. The van der Waals surface area contributed by atoms with Crippen LogP contribution in [0, 0.1) is 5.92 Å². The number of amides is 1. The fraction of sp³-hybridized carbons (Fsp3) is 0.517. The Kier molecular flexibility index (Phi) is 10.6. The predicted octanol–water partition coefficient (Wildman–Crippen LogP) is 4.97. The summed E-state index contributed by atoms with van der Waals surface area (Å²) in [6.45, 7) is 4.84. The third-order valence-corrected chi connectivity index (χ3v) is 6.73. The average molecular weight is 482 g/mol. The summed E-state index contributed by atoms with van der Waals surface area (Å²) in [6, 6.07) is 15.9. The van der Waals surface area contributed by atoms with Gasteiger partial charge in [-0.2, -0.15) is 0 Å². The van der Waals surface area contributed by atoms with Gasteiger partial charge in [0, 0.05) is 25.5 Å². The van der Waals surface area contributed by atoms with E-state index in [0.29, 0.717) is 18.9 Å². The van der Waals surface area contributed by atoms with Crippen LogP contribution in [-0.4, -0.2) is 42.3 Å². The van der Waals surface area contributed by atoms with E-state index in [0.717, 1.165) is 44.1 Å². The number of hydrogen-bond donors (Lipinski definition) is 2. The molecule has 0 radical (unpaired) electrons. The van der Waals surface area contributed by atoms with E-state index < -0.39 is 18.2 Å². The number of nitrogens with one attached hydrogen (secondary N) is 1. The molecule has 2 aromatic carbocycles. The lowest BCUT2D eigenvalue weighted by atomic mass is 9.84. The van der Waals surface area contributed by atoms with Gasteiger partial charge >= 0.3 is 5.97 Å². The molecule has 3 rings (SSSR count). The van der Waals surface area contributed by atoms with Gasteiger partial charge in [0.25, 0.3) is 5.91 Å². The van der Waals surface area contributed by atoms with Crippen molar-refractivity contribution in [1.82, 2.24) is 5.32 Å². The van der Waals surface area contributed by atoms with Crippen molar-refractivity contribution in [3.05, 3.63) is 65.2 Å². The Labute approximate surface area is 209 Å². The number of carboxylic acid groups (broad SMARTS) is 1. The van der Waals surface area contributed by atoms with Crippen LogP contribution in [0.4, 0.5) is 0 Å². The summed E-state index contributed by atoms with van der Waals surface area (Å²) in [6.07, 6.45) is 6.12. The van der Waals surface area contributed by atoms with E-state index in [1.165, 1.54) is 17.5 Å². The molecule has 35 heavy (non-hydrogen) atoms. The number of aryl methyl sites for hydroxylation is 1. The highest BCUT2D eigenvalue weighted by Gasteiger charge is 2.31. The molecule has 0 bridgehead atoms. The highest BCUT2D eigenvalue weighted by atomic mass is 16.5. The van der Waals surface area contributed by atoms with E-state index in [1.807, 2.05) is 24.3 Å². The molecule has 6 nitrogen and oxygen atoms in total. The van der Waals surface area contributed by atoms with Crippen LogP contribution in [0.15, 0.2) is 48.5 Å². The summed E-state index contributed by atoms with van der Waals surface area (Å²) in [7, 11) is 0. The molecule has 2 N–H and O–H groups in total. The molecule has 0 saturated heterocycles. The molecule has 1 amide bonds. The zero-order valence-corrected chi connectivity index (χ0v) is 21.0. The van der Waals surface area contributed by atoms with Crippen molar-refractivity contribution in [3.8, 4) is 5.75 Å². The average Bonchev–Trinajstić information content (AvgIpc) is 2.88. The highest BCUT2D eigenvalue weighted by molar-refractivity contribution is 5.81. The number of ether oxygens (including phenoxy) is 2. The lowest BCUT2D eigenvalue weighted by Crippen LogP contribution is -2.44. The SMILES string of the molecule is CCO[C@@H](Cc1ccc(O[C@@H](C(=O)NCCc2ccc(CC)cc2)C2CCCCC2)cc1)C(=O)O. The van der Waals surface area contributed by atoms with E-state index in [9.17, 15) is 14.7 Å². The first-order valence-corrected chi connectivity index (χ1v) is 13.0. The number of aliphatic carboxylic acids is 1. The number of carbonyl (C=O) groups is 2. The molecule has 0 aliphatic heterocycles. The summed E-state index contributed by atoms with van der Waals surface area (Å²) >= 11 is 0. The van der Waals surface area contributed by atoms with Gasteiger partial charge in [-0.05, 0) is 61.4 Å². The van der Waals surface area contributed by atoms with Crippen LogP contribution in [0.1, 0.15) is 62.6 Å². The van der Waals surface area contributed by atoms with Gasteiger partial charge < -0.3 is 19.9 Å². The van der Waals surface area contributed by atoms with Crippen LogP contribution < -0.4 is 10.1 Å². The second-order valence-corrected chi connectivity index (χ2v) is 9.28. The van der Waals surface area contributed by atoms with Crippen molar-refractivity contribution in [3.63, 3.8) is 0 Å². The number of benzene rings is 2. The van der Waals surface area contributed by atoms with Gasteiger partial charge in [0.1, 0.15) is 5.75 Å². The van der Waals surface area contributed by atoms with Crippen LogP contribution in [0.5, 0.6) is 5.75 Å². The summed E-state index contributed by atoms with van der Waals surface area (Å²) in [4.78, 5) is 24.5. The minimum Gasteiger partial charge on any atom is -0.480 e. The van der Waals surface area contributed by atoms with E-state index in [1.54, 1.807) is 6.92 Å². The first kappa shape index (κ1) is 26.7. The zero-order valence-electron chi connectivity index (χ0n) is 21.0. The molecule has 2 aromatic rings. The van der Waals surface area contributed by atoms with E-state index in [2.05, 4.69) is 36.5 Å². The third kappa shape index (κ3) is 8.39. The second kappa shape index (κ2) is 13.9. The van der Waals surface area contributed by atoms with Crippen molar-refractivity contribution in [2.24, 2.45) is 5.92 Å². The van der Waals surface area contributed by atoms with Crippen molar-refractivity contribution in [2.75, 3.05) is 13.2 Å². The number of rotatable bonds is 13. The molecule has 6 heteroatoms. The van der Waals surface area contributed by atoms with Crippen LogP contribution in [0.25, 0.3) is 0 Å². The Hall–Kier alpha value is -2.86. The summed E-state index contributed by atoms with van der Waals surface area (Å²) in [5.41, 5.74) is 3.37. The van der Waals surface area contributed by atoms with Crippen LogP contribution in [0.2, 0.25) is 0 Å². The fourth-order valence-corrected chi connectivity index (χ4v) is 4.66. The molecule has 1 aliphatic rings. The highest BCUT2D eigenvalue weighted by Crippen LogP contribution is 2.29. The Bertz CT molecular complexity index is 919. The summed E-state index contributed by atoms with van der Waals surface area (Å²) < 4.78 is 11.6. The smallest absolute Gasteiger partial charge is 0.333 e. The van der Waals surface area contributed by atoms with Crippen molar-refractivity contribution >= 4 is 11.9 Å². The Morgan fingerprint density at radius 1 is 0.943 bits per heavy atom. The molecule has 1 aliphatic carbocycles. The van der Waals surface area contributed by atoms with Gasteiger partial charge in [0.05, 0.1) is 0 Å². The summed E-state index contributed by atoms with van der Waals surface area (Å²) in [5.74, 6) is -0.213. The topological polar surface area (TPSA) is 84.9 Å². The minimum atomic E-state index is -0.970. The van der Waals surface area contributed by atoms with Crippen LogP contribution in [-0.2, 0) is 33.6 Å². The van der Waals surface area contributed by atoms with Gasteiger partial charge in [0.2, 0.25) is 0 Å². The largest absolute Gasteiger partial charge is 0.480 e.